The molecule has 132 valence electrons. The van der Waals surface area contributed by atoms with Crippen molar-refractivity contribution in [1.29, 1.82) is 0 Å². The van der Waals surface area contributed by atoms with Crippen LogP contribution in [0.4, 0.5) is 0 Å². The summed E-state index contributed by atoms with van der Waals surface area (Å²) in [7, 11) is 0. The number of hydrogen-bond acceptors (Lipinski definition) is 0. The summed E-state index contributed by atoms with van der Waals surface area (Å²) in [6.07, 6.45) is 19.5. The van der Waals surface area contributed by atoms with Gasteiger partial charge in [0, 0.05) is 0 Å². The summed E-state index contributed by atoms with van der Waals surface area (Å²) in [5, 5.41) is 2.95. The zero-order valence-corrected chi connectivity index (χ0v) is 18.7. The third-order valence-electron chi connectivity index (χ3n) is 3.30. The van der Waals surface area contributed by atoms with Crippen molar-refractivity contribution in [2.24, 2.45) is 0 Å². The monoisotopic (exact) mass is 432 g/mol. The summed E-state index contributed by atoms with van der Waals surface area (Å²) in [5.41, 5.74) is 0. The molecule has 2 aromatic rings. The SMILES string of the molecule is Cl.Cl.[C-]1=CC=CC1.[C-]1=CC=CC1.[Ti+2]=[Si](c1ccccc1)c1ccccc1. The third-order valence-corrected chi connectivity index (χ3v) is 7.82. The van der Waals surface area contributed by atoms with Gasteiger partial charge in [0.25, 0.3) is 0 Å². The van der Waals surface area contributed by atoms with Gasteiger partial charge in [0.2, 0.25) is 0 Å². The summed E-state index contributed by atoms with van der Waals surface area (Å²) >= 11 is 2.34. The van der Waals surface area contributed by atoms with Crippen LogP contribution in [0.3, 0.4) is 0 Å². The van der Waals surface area contributed by atoms with Gasteiger partial charge in [0.15, 0.2) is 0 Å². The van der Waals surface area contributed by atoms with E-state index in [1.165, 1.54) is 10.4 Å². The van der Waals surface area contributed by atoms with Crippen LogP contribution in [0, 0.1) is 12.2 Å². The fourth-order valence-corrected chi connectivity index (χ4v) is 5.00. The zero-order chi connectivity index (χ0) is 16.9. The molecule has 2 aromatic carbocycles. The van der Waals surface area contributed by atoms with Crippen molar-refractivity contribution in [2.45, 2.75) is 12.8 Å². The van der Waals surface area contributed by atoms with Gasteiger partial charge in [-0.3, -0.25) is 12.2 Å². The van der Waals surface area contributed by atoms with Gasteiger partial charge < -0.3 is 0 Å². The van der Waals surface area contributed by atoms with Crippen LogP contribution in [0.1, 0.15) is 12.8 Å². The molecule has 0 amide bonds. The summed E-state index contributed by atoms with van der Waals surface area (Å²) in [6.45, 7) is 0. The molecule has 0 spiro atoms. The van der Waals surface area contributed by atoms with Crippen LogP contribution < -0.4 is 10.4 Å². The van der Waals surface area contributed by atoms with Gasteiger partial charge in [0.05, 0.1) is 0 Å². The minimum absolute atomic E-state index is 0. The van der Waals surface area contributed by atoms with E-state index in [9.17, 15) is 0 Å². The van der Waals surface area contributed by atoms with Crippen LogP contribution in [0.25, 0.3) is 0 Å². The molecule has 26 heavy (non-hydrogen) atoms. The average Bonchev–Trinajstić information content (AvgIpc) is 3.41. The third kappa shape index (κ3) is 10.2. The summed E-state index contributed by atoms with van der Waals surface area (Å²) in [4.78, 5) is 0. The van der Waals surface area contributed by atoms with Gasteiger partial charge >= 0.3 is 96.4 Å². The Morgan fingerprint density at radius 3 is 1.27 bits per heavy atom. The van der Waals surface area contributed by atoms with Crippen molar-refractivity contribution in [1.82, 2.24) is 0 Å². The molecule has 0 radical (unpaired) electrons. The molecule has 0 atom stereocenters. The Morgan fingerprint density at radius 2 is 1.04 bits per heavy atom. The Balaban J connectivity index is 0.000000432. The summed E-state index contributed by atoms with van der Waals surface area (Å²) in [6, 6.07) is 21.5. The number of benzene rings is 2. The number of hydrogen-bond donors (Lipinski definition) is 0. The standard InChI is InChI=1S/C12H10Si.2C5H5.2ClH.Ti/c1-3-7-11(8-4-1)13-12-9-5-2-6-10-12;2*1-2-4-5-3-1;;;/h1-10H;2*1-3H,4H2;2*1H;/q;2*-1;;;+2. The molecule has 0 N–H and O–H groups in total. The maximum atomic E-state index is 2.99. The first-order valence-electron chi connectivity index (χ1n) is 8.01. The Bertz CT molecular complexity index is 652. The van der Waals surface area contributed by atoms with Crippen molar-refractivity contribution in [2.75, 3.05) is 0 Å². The van der Waals surface area contributed by atoms with Crippen molar-refractivity contribution in [3.63, 3.8) is 0 Å². The topological polar surface area (TPSA) is 0 Å². The van der Waals surface area contributed by atoms with Crippen molar-refractivity contribution < 1.29 is 19.2 Å². The van der Waals surface area contributed by atoms with Crippen LogP contribution in [0.15, 0.2) is 97.1 Å². The zero-order valence-electron chi connectivity index (χ0n) is 14.5. The molecule has 0 aromatic heterocycles. The van der Waals surface area contributed by atoms with Gasteiger partial charge in [-0.05, 0) is 0 Å². The second kappa shape index (κ2) is 16.1. The van der Waals surface area contributed by atoms with E-state index in [4.69, 9.17) is 0 Å². The van der Waals surface area contributed by atoms with Crippen LogP contribution in [-0.2, 0) is 19.2 Å². The predicted molar refractivity (Wildman–Crippen MR) is 116 cm³/mol. The Kier molecular flexibility index (Phi) is 15.4. The van der Waals surface area contributed by atoms with Crippen molar-refractivity contribution in [3.05, 3.63) is 109 Å². The van der Waals surface area contributed by atoms with Crippen LogP contribution in [-0.4, -0.2) is 6.19 Å². The second-order valence-electron chi connectivity index (χ2n) is 5.11. The van der Waals surface area contributed by atoms with Gasteiger partial charge in [0.1, 0.15) is 0 Å². The number of halogens is 2. The first-order valence-corrected chi connectivity index (χ1v) is 11.8. The van der Waals surface area contributed by atoms with Gasteiger partial charge in [-0.1, -0.05) is 0 Å². The van der Waals surface area contributed by atoms with Crippen LogP contribution >= 0.6 is 24.8 Å². The fraction of sp³-hybridized carbons (Fsp3) is 0.0909. The van der Waals surface area contributed by atoms with E-state index in [1.54, 1.807) is 0 Å². The molecule has 0 bridgehead atoms. The molecule has 0 nitrogen and oxygen atoms in total. The quantitative estimate of drug-likeness (QED) is 0.472. The first kappa shape index (κ1) is 24.9. The molecule has 2 aliphatic carbocycles. The fourth-order valence-electron chi connectivity index (χ4n) is 2.06. The van der Waals surface area contributed by atoms with E-state index >= 15 is 0 Å². The second-order valence-corrected chi connectivity index (χ2v) is 9.36. The van der Waals surface area contributed by atoms with Crippen LogP contribution in [0.2, 0.25) is 0 Å². The Morgan fingerprint density at radius 1 is 0.654 bits per heavy atom. The number of rotatable bonds is 2. The van der Waals surface area contributed by atoms with E-state index in [2.05, 4.69) is 104 Å². The van der Waals surface area contributed by atoms with E-state index in [0.29, 0.717) is 0 Å². The Labute approximate surface area is 181 Å². The normalized spacial score (nSPS) is 12.1. The molecule has 0 aliphatic heterocycles. The van der Waals surface area contributed by atoms with E-state index in [-0.39, 0.29) is 24.8 Å². The van der Waals surface area contributed by atoms with Gasteiger partial charge in [-0.25, -0.2) is 24.3 Å². The molecule has 0 saturated heterocycles. The van der Waals surface area contributed by atoms with E-state index in [1.807, 2.05) is 24.3 Å². The van der Waals surface area contributed by atoms with Crippen molar-refractivity contribution in [3.8, 4) is 0 Å². The molecular weight excluding hydrogens is 411 g/mol. The van der Waals surface area contributed by atoms with Gasteiger partial charge in [-0.15, -0.1) is 37.7 Å². The van der Waals surface area contributed by atoms with Crippen LogP contribution in [0.5, 0.6) is 0 Å². The number of allylic oxidation sites excluding steroid dienone is 8. The minimum atomic E-state index is -0.545. The molecule has 4 rings (SSSR count). The molecule has 4 heteroatoms. The van der Waals surface area contributed by atoms with E-state index in [0.717, 1.165) is 12.8 Å². The Hall–Kier alpha value is -1.09. The molecule has 0 saturated carbocycles. The van der Waals surface area contributed by atoms with E-state index < -0.39 is 6.19 Å². The van der Waals surface area contributed by atoms with Crippen molar-refractivity contribution >= 4 is 41.4 Å². The molecule has 2 aliphatic rings. The molecular formula is C22H22Cl2SiTi. The molecule has 0 unspecified atom stereocenters. The van der Waals surface area contributed by atoms with Gasteiger partial charge in [-0.2, -0.15) is 12.2 Å². The maximum absolute atomic E-state index is 2.99. The average molecular weight is 433 g/mol. The first-order chi connectivity index (χ1) is 11.9. The summed E-state index contributed by atoms with van der Waals surface area (Å²) in [5.74, 6) is 0. The molecule has 0 heterocycles. The summed E-state index contributed by atoms with van der Waals surface area (Å²) < 4.78 is 0. The molecule has 0 fully saturated rings. The predicted octanol–water partition coefficient (Wildman–Crippen LogP) is 4.79.